The number of amides is 2. The van der Waals surface area contributed by atoms with Gasteiger partial charge in [0.25, 0.3) is 0 Å². The molecule has 1 fully saturated rings. The van der Waals surface area contributed by atoms with E-state index in [4.69, 9.17) is 27.9 Å². The Hall–Kier alpha value is -4.15. The molecule has 12 heteroatoms. The van der Waals surface area contributed by atoms with Crippen molar-refractivity contribution in [3.05, 3.63) is 101 Å². The first-order chi connectivity index (χ1) is 19.4. The van der Waals surface area contributed by atoms with E-state index in [1.165, 1.54) is 0 Å². The average molecular weight is 580 g/mol. The molecule has 0 saturated carbocycles. The lowest BCUT2D eigenvalue weighted by Gasteiger charge is -2.41. The number of imidazole rings is 1. The van der Waals surface area contributed by atoms with Crippen LogP contribution < -0.4 is 10.2 Å². The second-order valence-electron chi connectivity index (χ2n) is 9.26. The summed E-state index contributed by atoms with van der Waals surface area (Å²) < 4.78 is 7.22. The van der Waals surface area contributed by atoms with Crippen LogP contribution in [0.2, 0.25) is 10.2 Å². The largest absolute Gasteiger partial charge is 0.445 e. The van der Waals surface area contributed by atoms with Gasteiger partial charge in [-0.05, 0) is 23.3 Å². The van der Waals surface area contributed by atoms with E-state index in [-0.39, 0.29) is 36.7 Å². The molecule has 0 spiro atoms. The van der Waals surface area contributed by atoms with Crippen LogP contribution in [0.15, 0.2) is 79.4 Å². The van der Waals surface area contributed by atoms with Gasteiger partial charge in [0.2, 0.25) is 11.9 Å². The number of anilines is 1. The van der Waals surface area contributed by atoms with Crippen molar-refractivity contribution in [3.8, 4) is 5.95 Å². The summed E-state index contributed by atoms with van der Waals surface area (Å²) in [6.07, 6.45) is 4.61. The smallest absolute Gasteiger partial charge is 0.410 e. The number of rotatable bonds is 8. The van der Waals surface area contributed by atoms with Crippen LogP contribution in [-0.4, -0.2) is 62.1 Å². The van der Waals surface area contributed by atoms with Gasteiger partial charge in [-0.1, -0.05) is 65.7 Å². The minimum Gasteiger partial charge on any atom is -0.445 e. The molecule has 4 aromatic rings. The van der Waals surface area contributed by atoms with Crippen molar-refractivity contribution < 1.29 is 14.3 Å². The van der Waals surface area contributed by atoms with E-state index in [1.54, 1.807) is 46.4 Å². The lowest BCUT2D eigenvalue weighted by Crippen LogP contribution is -2.56. The van der Waals surface area contributed by atoms with E-state index < -0.39 is 6.09 Å². The molecule has 2 aromatic heterocycles. The third-order valence-electron chi connectivity index (χ3n) is 6.47. The summed E-state index contributed by atoms with van der Waals surface area (Å²) in [6, 6.07) is 18.0. The minimum atomic E-state index is -0.435. The Morgan fingerprint density at radius 1 is 1.00 bits per heavy atom. The van der Waals surface area contributed by atoms with E-state index in [0.717, 1.165) is 11.1 Å². The van der Waals surface area contributed by atoms with E-state index in [2.05, 4.69) is 20.3 Å². The molecular formula is C28H27Cl2N7O3. The normalized spacial score (nSPS) is 15.1. The molecule has 2 aromatic carbocycles. The third-order valence-corrected chi connectivity index (χ3v) is 6.91. The highest BCUT2D eigenvalue weighted by Gasteiger charge is 2.33. The number of piperazine rings is 1. The Morgan fingerprint density at radius 2 is 1.80 bits per heavy atom. The number of hydrogen-bond donors (Lipinski definition) is 1. The number of benzene rings is 2. The quantitative estimate of drug-likeness (QED) is 0.306. The number of aromatic nitrogens is 4. The third kappa shape index (κ3) is 7.08. The van der Waals surface area contributed by atoms with Crippen LogP contribution >= 0.6 is 23.2 Å². The molecule has 1 aliphatic rings. The highest BCUT2D eigenvalue weighted by atomic mass is 35.5. The molecule has 1 unspecified atom stereocenters. The zero-order valence-corrected chi connectivity index (χ0v) is 23.0. The zero-order valence-electron chi connectivity index (χ0n) is 21.5. The highest BCUT2D eigenvalue weighted by molar-refractivity contribution is 6.30. The van der Waals surface area contributed by atoms with Gasteiger partial charge >= 0.3 is 6.09 Å². The highest BCUT2D eigenvalue weighted by Crippen LogP contribution is 2.25. The summed E-state index contributed by atoms with van der Waals surface area (Å²) in [5.74, 6) is 0.742. The Balaban J connectivity index is 1.31. The maximum Gasteiger partial charge on any atom is 0.410 e. The molecule has 0 bridgehead atoms. The number of nitrogens with zero attached hydrogens (tertiary/aromatic N) is 6. The summed E-state index contributed by atoms with van der Waals surface area (Å²) in [7, 11) is 0. The van der Waals surface area contributed by atoms with Crippen LogP contribution in [0.25, 0.3) is 5.95 Å². The fourth-order valence-electron chi connectivity index (χ4n) is 4.43. The molecule has 1 saturated heterocycles. The van der Waals surface area contributed by atoms with Gasteiger partial charge in [0.1, 0.15) is 23.9 Å². The van der Waals surface area contributed by atoms with Gasteiger partial charge in [-0.2, -0.15) is 4.98 Å². The van der Waals surface area contributed by atoms with Crippen LogP contribution in [0.3, 0.4) is 0 Å². The molecule has 1 N–H and O–H groups in total. The van der Waals surface area contributed by atoms with Crippen LogP contribution in [0.5, 0.6) is 0 Å². The van der Waals surface area contributed by atoms with E-state index in [9.17, 15) is 9.59 Å². The molecule has 206 valence electrons. The van der Waals surface area contributed by atoms with Gasteiger partial charge in [0, 0.05) is 56.1 Å². The Kier molecular flexibility index (Phi) is 8.78. The number of ether oxygens (including phenoxy) is 1. The fourth-order valence-corrected chi connectivity index (χ4v) is 4.73. The van der Waals surface area contributed by atoms with Gasteiger partial charge in [-0.3, -0.25) is 9.36 Å². The van der Waals surface area contributed by atoms with Crippen molar-refractivity contribution in [1.82, 2.24) is 29.7 Å². The molecule has 5 rings (SSSR count). The van der Waals surface area contributed by atoms with Crippen LogP contribution in [0.1, 0.15) is 17.5 Å². The van der Waals surface area contributed by atoms with Gasteiger partial charge in [-0.15, -0.1) is 0 Å². The number of hydrogen-bond acceptors (Lipinski definition) is 7. The van der Waals surface area contributed by atoms with Crippen molar-refractivity contribution in [2.45, 2.75) is 25.6 Å². The standard InChI is InChI=1S/C28H27Cl2N7O3/c29-22-8-6-20(7-9-22)16-32-26(38)14-23-17-35(28(39)40-18-21-4-2-1-3-5-21)12-13-37(23)25-15-24(30)33-27(34-25)36-11-10-31-19-36/h1-11,15,19,23H,12-14,16-18H2,(H,32,38). The molecule has 0 radical (unpaired) electrons. The van der Waals surface area contributed by atoms with Gasteiger partial charge in [-0.25, -0.2) is 14.8 Å². The second-order valence-corrected chi connectivity index (χ2v) is 10.1. The van der Waals surface area contributed by atoms with E-state index in [0.29, 0.717) is 36.4 Å². The predicted molar refractivity (Wildman–Crippen MR) is 151 cm³/mol. The predicted octanol–water partition coefficient (Wildman–Crippen LogP) is 4.50. The molecule has 1 aliphatic heterocycles. The Labute approximate surface area is 241 Å². The maximum atomic E-state index is 13.1. The summed E-state index contributed by atoms with van der Waals surface area (Å²) >= 11 is 12.3. The monoisotopic (exact) mass is 579 g/mol. The number of carbonyl (C=O) groups excluding carboxylic acids is 2. The Morgan fingerprint density at radius 3 is 2.55 bits per heavy atom. The van der Waals surface area contributed by atoms with Gasteiger partial charge in [0.05, 0.1) is 6.04 Å². The Bertz CT molecular complexity index is 1440. The first-order valence-corrected chi connectivity index (χ1v) is 13.5. The van der Waals surface area contributed by atoms with Gasteiger partial charge < -0.3 is 19.9 Å². The van der Waals surface area contributed by atoms with Crippen LogP contribution in [0, 0.1) is 0 Å². The number of carbonyl (C=O) groups is 2. The van der Waals surface area contributed by atoms with Crippen LogP contribution in [0.4, 0.5) is 10.6 Å². The summed E-state index contributed by atoms with van der Waals surface area (Å²) in [5, 5.41) is 3.84. The van der Waals surface area contributed by atoms with E-state index >= 15 is 0 Å². The van der Waals surface area contributed by atoms with Crippen molar-refractivity contribution in [3.63, 3.8) is 0 Å². The molecule has 0 aliphatic carbocycles. The van der Waals surface area contributed by atoms with E-state index in [1.807, 2.05) is 47.4 Å². The topological polar surface area (TPSA) is 105 Å². The SMILES string of the molecule is O=C(CC1CN(C(=O)OCc2ccccc2)CCN1c1cc(Cl)nc(-n2ccnc2)n1)NCc1ccc(Cl)cc1. The molecule has 10 nitrogen and oxygen atoms in total. The minimum absolute atomic E-state index is 0.123. The van der Waals surface area contributed by atoms with Crippen molar-refractivity contribution in [1.29, 1.82) is 0 Å². The summed E-state index contributed by atoms with van der Waals surface area (Å²) in [5.41, 5.74) is 1.83. The average Bonchev–Trinajstić information content (AvgIpc) is 3.51. The molecular weight excluding hydrogens is 553 g/mol. The molecule has 3 heterocycles. The molecule has 1 atom stereocenters. The fraction of sp³-hybridized carbons (Fsp3) is 0.250. The van der Waals surface area contributed by atoms with Crippen molar-refractivity contribution >= 4 is 41.0 Å². The lowest BCUT2D eigenvalue weighted by atomic mass is 10.1. The van der Waals surface area contributed by atoms with Crippen LogP contribution in [-0.2, 0) is 22.7 Å². The summed E-state index contributed by atoms with van der Waals surface area (Å²) in [6.45, 7) is 1.60. The lowest BCUT2D eigenvalue weighted by molar-refractivity contribution is -0.121. The molecule has 2 amide bonds. The first kappa shape index (κ1) is 27.4. The van der Waals surface area contributed by atoms with Gasteiger partial charge in [0.15, 0.2) is 0 Å². The van der Waals surface area contributed by atoms with Crippen molar-refractivity contribution in [2.24, 2.45) is 0 Å². The maximum absolute atomic E-state index is 13.1. The number of halogens is 2. The summed E-state index contributed by atoms with van der Waals surface area (Å²) in [4.78, 5) is 42.7. The van der Waals surface area contributed by atoms with Crippen molar-refractivity contribution in [2.75, 3.05) is 24.5 Å². The second kappa shape index (κ2) is 12.8. The zero-order chi connectivity index (χ0) is 27.9. The molecule has 40 heavy (non-hydrogen) atoms. The number of nitrogens with one attached hydrogen (secondary N) is 1. The first-order valence-electron chi connectivity index (χ1n) is 12.7.